The Labute approximate surface area is 291 Å². The van der Waals surface area contributed by atoms with E-state index in [1.165, 1.54) is 4.57 Å². The first kappa shape index (κ1) is 35.4. The second-order valence-corrected chi connectivity index (χ2v) is 14.6. The van der Waals surface area contributed by atoms with E-state index in [4.69, 9.17) is 0 Å². The normalized spacial score (nSPS) is 12.8. The summed E-state index contributed by atoms with van der Waals surface area (Å²) < 4.78 is 1.95. The number of amides is 1. The number of hydrogen-bond donors (Lipinski definition) is 3. The van der Waals surface area contributed by atoms with Gasteiger partial charge in [0.2, 0.25) is 12.4 Å². The van der Waals surface area contributed by atoms with Crippen LogP contribution in [-0.4, -0.2) is 50.3 Å². The first-order valence-electron chi connectivity index (χ1n) is 18.2. The molecule has 0 unspecified atom stereocenters. The molecule has 0 aliphatic heterocycles. The summed E-state index contributed by atoms with van der Waals surface area (Å²) in [6.07, 6.45) is 6.04. The Morgan fingerprint density at radius 1 is 0.680 bits per heavy atom. The van der Waals surface area contributed by atoms with E-state index in [2.05, 4.69) is 20.4 Å². The second kappa shape index (κ2) is 13.7. The van der Waals surface area contributed by atoms with Gasteiger partial charge in [-0.05, 0) is 81.4 Å². The average molecular weight is 678 g/mol. The lowest BCUT2D eigenvalue weighted by molar-refractivity contribution is -0.470. The van der Waals surface area contributed by atoms with Gasteiger partial charge in [0.25, 0.3) is 5.56 Å². The maximum Gasteiger partial charge on any atom is 0.465 e. The van der Waals surface area contributed by atoms with Crippen molar-refractivity contribution in [3.05, 3.63) is 74.6 Å². The predicted octanol–water partition coefficient (Wildman–Crippen LogP) is 7.96. The van der Waals surface area contributed by atoms with E-state index in [0.29, 0.717) is 44.4 Å². The van der Waals surface area contributed by atoms with Gasteiger partial charge in [0.15, 0.2) is 0 Å². The fraction of sp³-hybridized carbons (Fsp3) is 0.429. The number of rotatable bonds is 15. The minimum Gasteiger partial charge on any atom is -0.494 e. The molecule has 1 aromatic heterocycles. The van der Waals surface area contributed by atoms with Crippen LogP contribution in [0.15, 0.2) is 53.3 Å². The number of aliphatic hydroxyl groups is 2. The van der Waals surface area contributed by atoms with Crippen molar-refractivity contribution in [2.45, 2.75) is 85.6 Å². The molecule has 262 valence electrons. The molecule has 1 heterocycles. The van der Waals surface area contributed by atoms with Crippen molar-refractivity contribution in [1.82, 2.24) is 4.57 Å². The number of nitrogens with zero attached hydrogens (tertiary/aromatic N) is 2. The maximum absolute atomic E-state index is 14.2. The smallest absolute Gasteiger partial charge is 0.465 e. The van der Waals surface area contributed by atoms with E-state index >= 15 is 0 Å². The number of carbonyl (C=O) groups excluding carboxylic acids is 1. The number of benzene rings is 5. The van der Waals surface area contributed by atoms with Crippen LogP contribution in [0.3, 0.4) is 0 Å². The van der Waals surface area contributed by atoms with E-state index in [1.54, 1.807) is 6.07 Å². The van der Waals surface area contributed by atoms with Crippen LogP contribution >= 0.6 is 0 Å². The molecule has 0 spiro atoms. The van der Waals surface area contributed by atoms with Crippen LogP contribution in [0, 0.1) is 15.7 Å². The Morgan fingerprint density at radius 2 is 1.12 bits per heavy atom. The molecule has 0 fully saturated rings. The molecule has 0 bridgehead atoms. The quantitative estimate of drug-likeness (QED) is 0.0576. The van der Waals surface area contributed by atoms with E-state index in [0.717, 1.165) is 70.8 Å². The van der Waals surface area contributed by atoms with Crippen molar-refractivity contribution in [1.29, 1.82) is 0 Å². The standard InChI is InChI=1S/C42H48N2O6/c1-6-18-41(24-45,19-7-2)22-43-38(47)32-16-13-29-27-11-10-26(5)34-31(40(49)44(50)23-42(25-46,20-8-3)21-9-4)15-12-28(35(27)34)30-14-17-33(39(43)48)37(32)36(29)30/h10-17,45-46H,5-9,18-25H2,1-4H3/p+1. The Hall–Kier alpha value is -4.40. The highest BCUT2D eigenvalue weighted by molar-refractivity contribution is 6.37. The van der Waals surface area contributed by atoms with Crippen molar-refractivity contribution >= 4 is 66.3 Å². The van der Waals surface area contributed by atoms with Gasteiger partial charge in [-0.2, -0.15) is 0 Å². The molecule has 0 saturated carbocycles. The highest BCUT2D eigenvalue weighted by Crippen LogP contribution is 2.45. The molecule has 0 aliphatic carbocycles. The SMILES string of the molecule is C=c1ccc2c3ccc4c(=O)n(CC(CO)(CCC)CCC)c(O)c5ccc(c6ccc(C(=O)[N+](=O)CC(CO)(CCC)CCC)c1c62)c3c54. The molecule has 8 nitrogen and oxygen atoms in total. The van der Waals surface area contributed by atoms with Crippen LogP contribution in [0.5, 0.6) is 5.88 Å². The van der Waals surface area contributed by atoms with Gasteiger partial charge < -0.3 is 15.3 Å². The van der Waals surface area contributed by atoms with Crippen molar-refractivity contribution < 1.29 is 24.9 Å². The first-order chi connectivity index (χ1) is 24.0. The van der Waals surface area contributed by atoms with E-state index < -0.39 is 16.7 Å². The lowest BCUT2D eigenvalue weighted by atomic mass is 9.79. The molecule has 50 heavy (non-hydrogen) atoms. The minimum atomic E-state index is -0.657. The van der Waals surface area contributed by atoms with Crippen LogP contribution in [0.1, 0.15) is 89.4 Å². The molecular formula is C42H49N2O6+. The molecule has 6 rings (SSSR count). The summed E-state index contributed by atoms with van der Waals surface area (Å²) in [6.45, 7) is 12.3. The summed E-state index contributed by atoms with van der Waals surface area (Å²) in [5.74, 6) is -0.767. The number of aromatic nitrogens is 1. The van der Waals surface area contributed by atoms with Crippen LogP contribution in [0.2, 0.25) is 0 Å². The lowest BCUT2D eigenvalue weighted by Crippen LogP contribution is -2.37. The van der Waals surface area contributed by atoms with Crippen LogP contribution in [0.25, 0.3) is 60.4 Å². The monoisotopic (exact) mass is 677 g/mol. The molecule has 5 aromatic carbocycles. The third-order valence-electron chi connectivity index (χ3n) is 11.2. The molecule has 1 amide bonds. The Bertz CT molecular complexity index is 2320. The fourth-order valence-electron chi connectivity index (χ4n) is 8.99. The topological polar surface area (TPSA) is 120 Å². The van der Waals surface area contributed by atoms with Crippen LogP contribution in [0.4, 0.5) is 0 Å². The summed E-state index contributed by atoms with van der Waals surface area (Å²) >= 11 is 0. The summed E-state index contributed by atoms with van der Waals surface area (Å²) in [7, 11) is 0. The van der Waals surface area contributed by atoms with E-state index in [9.17, 15) is 29.8 Å². The fourth-order valence-corrected chi connectivity index (χ4v) is 8.99. The number of nitroso groups, excluding NO2 is 1. The highest BCUT2D eigenvalue weighted by atomic mass is 16.3. The third-order valence-corrected chi connectivity index (χ3v) is 11.2. The number of pyridine rings is 1. The molecule has 3 N–H and O–H groups in total. The van der Waals surface area contributed by atoms with Gasteiger partial charge in [-0.3, -0.25) is 9.36 Å². The van der Waals surface area contributed by atoms with Gasteiger partial charge in [-0.25, -0.2) is 4.79 Å². The minimum absolute atomic E-state index is 0.0741. The van der Waals surface area contributed by atoms with Crippen molar-refractivity contribution in [2.75, 3.05) is 19.8 Å². The molecule has 0 aliphatic rings. The second-order valence-electron chi connectivity index (χ2n) is 14.6. The van der Waals surface area contributed by atoms with E-state index in [1.807, 2.05) is 56.3 Å². The first-order valence-corrected chi connectivity index (χ1v) is 18.2. The lowest BCUT2D eigenvalue weighted by Gasteiger charge is -2.33. The van der Waals surface area contributed by atoms with Crippen molar-refractivity contribution in [3.8, 4) is 5.88 Å². The molecule has 0 atom stereocenters. The number of aromatic hydroxyl groups is 1. The molecule has 6 aromatic rings. The largest absolute Gasteiger partial charge is 0.494 e. The average Bonchev–Trinajstić information content (AvgIpc) is 3.11. The molecule has 0 radical (unpaired) electrons. The Morgan fingerprint density at radius 3 is 1.66 bits per heavy atom. The van der Waals surface area contributed by atoms with Crippen LogP contribution < -0.4 is 10.8 Å². The molecule has 8 heteroatoms. The van der Waals surface area contributed by atoms with Gasteiger partial charge in [0.1, 0.15) is 5.56 Å². The number of hydrogen-bond acceptors (Lipinski definition) is 6. The van der Waals surface area contributed by atoms with Gasteiger partial charge in [-0.15, -0.1) is 0 Å². The van der Waals surface area contributed by atoms with Gasteiger partial charge in [0.05, 0.1) is 23.4 Å². The molecular weight excluding hydrogens is 628 g/mol. The zero-order chi connectivity index (χ0) is 36.0. The number of aliphatic hydroxyl groups excluding tert-OH is 2. The summed E-state index contributed by atoms with van der Waals surface area (Å²) in [6, 6.07) is 14.9. The third kappa shape index (κ3) is 5.53. The summed E-state index contributed by atoms with van der Waals surface area (Å²) in [4.78, 5) is 41.7. The van der Waals surface area contributed by atoms with Gasteiger partial charge >= 0.3 is 5.91 Å². The van der Waals surface area contributed by atoms with E-state index in [-0.39, 0.29) is 43.3 Å². The Balaban J connectivity index is 1.58. The summed E-state index contributed by atoms with van der Waals surface area (Å²) in [5, 5.41) is 40.6. The maximum atomic E-state index is 14.2. The number of carbonyl (C=O) groups is 1. The zero-order valence-electron chi connectivity index (χ0n) is 29.8. The predicted molar refractivity (Wildman–Crippen MR) is 203 cm³/mol. The van der Waals surface area contributed by atoms with Crippen molar-refractivity contribution in [3.63, 3.8) is 0 Å². The zero-order valence-corrected chi connectivity index (χ0v) is 29.8. The van der Waals surface area contributed by atoms with Crippen LogP contribution in [-0.2, 0) is 6.54 Å². The highest BCUT2D eigenvalue weighted by Gasteiger charge is 2.40. The van der Waals surface area contributed by atoms with Gasteiger partial charge in [-0.1, -0.05) is 90.3 Å². The van der Waals surface area contributed by atoms with Crippen molar-refractivity contribution in [2.24, 2.45) is 10.8 Å². The number of fused-ring (bicyclic) bond motifs is 2. The Kier molecular flexibility index (Phi) is 9.72. The summed E-state index contributed by atoms with van der Waals surface area (Å²) in [5.41, 5.74) is -1.20. The molecule has 0 saturated heterocycles. The van der Waals surface area contributed by atoms with Gasteiger partial charge in [0, 0.05) is 38.4 Å².